The van der Waals surface area contributed by atoms with Crippen molar-refractivity contribution < 1.29 is 18.7 Å². The largest absolute Gasteiger partial charge is 0.496 e. The molecule has 0 bridgehead atoms. The second-order valence-electron chi connectivity index (χ2n) is 6.91. The van der Waals surface area contributed by atoms with Gasteiger partial charge in [-0.3, -0.25) is 9.59 Å². The molecule has 2 amide bonds. The van der Waals surface area contributed by atoms with Gasteiger partial charge in [0.2, 0.25) is 5.91 Å². The van der Waals surface area contributed by atoms with Crippen LogP contribution >= 0.6 is 0 Å². The average molecular weight is 370 g/mol. The van der Waals surface area contributed by atoms with Crippen LogP contribution < -0.4 is 4.74 Å². The van der Waals surface area contributed by atoms with Gasteiger partial charge in [0.25, 0.3) is 5.91 Å². The number of methoxy groups -OCH3 is 1. The number of nitrogens with zero attached hydrogens (tertiary/aromatic N) is 2. The molecule has 27 heavy (non-hydrogen) atoms. The van der Waals surface area contributed by atoms with Crippen LogP contribution in [0, 0.1) is 5.92 Å². The Bertz CT molecular complexity index is 779. The maximum absolute atomic E-state index is 13.0. The minimum Gasteiger partial charge on any atom is -0.496 e. The maximum atomic E-state index is 13.0. The first-order valence-electron chi connectivity index (χ1n) is 9.25. The number of hydrogen-bond donors (Lipinski definition) is 0. The summed E-state index contributed by atoms with van der Waals surface area (Å²) in [5.41, 5.74) is 0.987. The number of para-hydroxylation sites is 1. The molecule has 2 heterocycles. The Balaban J connectivity index is 1.61. The van der Waals surface area contributed by atoms with Crippen LogP contribution in [-0.4, -0.2) is 48.9 Å². The summed E-state index contributed by atoms with van der Waals surface area (Å²) in [6.07, 6.45) is 2.82. The lowest BCUT2D eigenvalue weighted by Crippen LogP contribution is -2.44. The molecule has 0 spiro atoms. The summed E-state index contributed by atoms with van der Waals surface area (Å²) in [5, 5.41) is 0. The Labute approximate surface area is 159 Å². The van der Waals surface area contributed by atoms with Crippen molar-refractivity contribution in [2.75, 3.05) is 27.2 Å². The van der Waals surface area contributed by atoms with Crippen LogP contribution in [0.4, 0.5) is 0 Å². The topological polar surface area (TPSA) is 63.0 Å². The van der Waals surface area contributed by atoms with E-state index in [4.69, 9.17) is 9.15 Å². The molecule has 1 aliphatic heterocycles. The molecule has 3 rings (SSSR count). The van der Waals surface area contributed by atoms with Gasteiger partial charge in [-0.1, -0.05) is 18.2 Å². The first kappa shape index (κ1) is 19.0. The van der Waals surface area contributed by atoms with Crippen molar-refractivity contribution in [1.82, 2.24) is 9.80 Å². The molecule has 0 N–H and O–H groups in total. The molecule has 2 aromatic rings. The predicted octanol–water partition coefficient (Wildman–Crippen LogP) is 3.36. The summed E-state index contributed by atoms with van der Waals surface area (Å²) in [6, 6.07) is 11.0. The second-order valence-corrected chi connectivity index (χ2v) is 6.91. The summed E-state index contributed by atoms with van der Waals surface area (Å²) < 4.78 is 10.6. The van der Waals surface area contributed by atoms with Gasteiger partial charge in [-0.15, -0.1) is 0 Å². The lowest BCUT2D eigenvalue weighted by atomic mass is 9.94. The standard InChI is InChI=1S/C21H26N2O4/c1-15(17-7-4-5-8-18(17)26-3)22(2)20(24)16-10-12-23(13-11-16)21(25)19-9-6-14-27-19/h4-9,14-16H,10-13H2,1-3H3. The molecule has 1 aliphatic rings. The van der Waals surface area contributed by atoms with E-state index in [1.807, 2.05) is 38.2 Å². The Morgan fingerprint density at radius 2 is 1.89 bits per heavy atom. The number of amides is 2. The smallest absolute Gasteiger partial charge is 0.289 e. The van der Waals surface area contributed by atoms with E-state index in [2.05, 4.69) is 0 Å². The lowest BCUT2D eigenvalue weighted by Gasteiger charge is -2.35. The molecule has 1 fully saturated rings. The van der Waals surface area contributed by atoms with Gasteiger partial charge in [-0.2, -0.15) is 0 Å². The number of carbonyl (C=O) groups is 2. The van der Waals surface area contributed by atoms with E-state index in [9.17, 15) is 9.59 Å². The fourth-order valence-electron chi connectivity index (χ4n) is 3.58. The van der Waals surface area contributed by atoms with Crippen LogP contribution in [0.15, 0.2) is 47.1 Å². The van der Waals surface area contributed by atoms with Gasteiger partial charge >= 0.3 is 0 Å². The zero-order chi connectivity index (χ0) is 19.4. The Morgan fingerprint density at radius 3 is 2.52 bits per heavy atom. The molecule has 1 aromatic heterocycles. The van der Waals surface area contributed by atoms with Crippen LogP contribution in [-0.2, 0) is 4.79 Å². The van der Waals surface area contributed by atoms with Gasteiger partial charge in [-0.25, -0.2) is 0 Å². The number of likely N-dealkylation sites (tertiary alicyclic amines) is 1. The van der Waals surface area contributed by atoms with Gasteiger partial charge < -0.3 is 19.0 Å². The minimum absolute atomic E-state index is 0.0761. The highest BCUT2D eigenvalue weighted by Gasteiger charge is 2.32. The highest BCUT2D eigenvalue weighted by Crippen LogP contribution is 2.30. The average Bonchev–Trinajstić information content (AvgIpc) is 3.26. The first-order valence-corrected chi connectivity index (χ1v) is 9.25. The van der Waals surface area contributed by atoms with E-state index < -0.39 is 0 Å². The second kappa shape index (κ2) is 8.29. The monoisotopic (exact) mass is 370 g/mol. The van der Waals surface area contributed by atoms with Crippen LogP contribution in [0.3, 0.4) is 0 Å². The molecule has 0 saturated carbocycles. The van der Waals surface area contributed by atoms with Crippen molar-refractivity contribution in [3.63, 3.8) is 0 Å². The third-order valence-corrected chi connectivity index (χ3v) is 5.38. The number of hydrogen-bond acceptors (Lipinski definition) is 4. The summed E-state index contributed by atoms with van der Waals surface area (Å²) in [4.78, 5) is 28.9. The van der Waals surface area contributed by atoms with E-state index in [-0.39, 0.29) is 23.8 Å². The van der Waals surface area contributed by atoms with E-state index in [1.165, 1.54) is 6.26 Å². The fourth-order valence-corrected chi connectivity index (χ4v) is 3.58. The zero-order valence-electron chi connectivity index (χ0n) is 16.1. The van der Waals surface area contributed by atoms with Gasteiger partial charge in [0.15, 0.2) is 5.76 Å². The number of furan rings is 1. The SMILES string of the molecule is COc1ccccc1C(C)N(C)C(=O)C1CCN(C(=O)c2ccco2)CC1. The quantitative estimate of drug-likeness (QED) is 0.810. The van der Waals surface area contributed by atoms with Crippen LogP contribution in [0.2, 0.25) is 0 Å². The van der Waals surface area contributed by atoms with Crippen molar-refractivity contribution >= 4 is 11.8 Å². The highest BCUT2D eigenvalue weighted by molar-refractivity contribution is 5.91. The molecule has 1 unspecified atom stereocenters. The Morgan fingerprint density at radius 1 is 1.19 bits per heavy atom. The molecule has 0 radical (unpaired) electrons. The van der Waals surface area contributed by atoms with E-state index in [0.29, 0.717) is 31.7 Å². The molecule has 1 aromatic carbocycles. The maximum Gasteiger partial charge on any atom is 0.289 e. The Hall–Kier alpha value is -2.76. The number of carbonyl (C=O) groups excluding carboxylic acids is 2. The zero-order valence-corrected chi connectivity index (χ0v) is 16.1. The van der Waals surface area contributed by atoms with Gasteiger partial charge in [-0.05, 0) is 38.0 Å². The van der Waals surface area contributed by atoms with Gasteiger partial charge in [0, 0.05) is 31.6 Å². The van der Waals surface area contributed by atoms with E-state index in [0.717, 1.165) is 11.3 Å². The molecule has 6 heteroatoms. The number of piperidine rings is 1. The van der Waals surface area contributed by atoms with Gasteiger partial charge in [0.1, 0.15) is 5.75 Å². The highest BCUT2D eigenvalue weighted by atomic mass is 16.5. The molecular formula is C21H26N2O4. The molecule has 1 atom stereocenters. The third kappa shape index (κ3) is 3.99. The number of benzene rings is 1. The lowest BCUT2D eigenvalue weighted by molar-refractivity contribution is -0.137. The van der Waals surface area contributed by atoms with Crippen molar-refractivity contribution in [1.29, 1.82) is 0 Å². The normalized spacial score (nSPS) is 16.0. The van der Waals surface area contributed by atoms with Crippen LogP contribution in [0.25, 0.3) is 0 Å². The van der Waals surface area contributed by atoms with Crippen molar-refractivity contribution in [3.05, 3.63) is 54.0 Å². The molecular weight excluding hydrogens is 344 g/mol. The van der Waals surface area contributed by atoms with E-state index >= 15 is 0 Å². The molecule has 0 aliphatic carbocycles. The van der Waals surface area contributed by atoms with Gasteiger partial charge in [0.05, 0.1) is 19.4 Å². The van der Waals surface area contributed by atoms with E-state index in [1.54, 1.807) is 29.0 Å². The minimum atomic E-state index is -0.110. The molecule has 144 valence electrons. The van der Waals surface area contributed by atoms with Crippen molar-refractivity contribution in [2.45, 2.75) is 25.8 Å². The Kier molecular flexibility index (Phi) is 5.84. The van der Waals surface area contributed by atoms with Crippen molar-refractivity contribution in [3.8, 4) is 5.75 Å². The van der Waals surface area contributed by atoms with Crippen LogP contribution in [0.5, 0.6) is 5.75 Å². The van der Waals surface area contributed by atoms with Crippen LogP contribution in [0.1, 0.15) is 41.9 Å². The number of rotatable bonds is 5. The predicted molar refractivity (Wildman–Crippen MR) is 102 cm³/mol. The summed E-state index contributed by atoms with van der Waals surface area (Å²) in [6.45, 7) is 3.13. The summed E-state index contributed by atoms with van der Waals surface area (Å²) >= 11 is 0. The molecule has 1 saturated heterocycles. The summed E-state index contributed by atoms with van der Waals surface area (Å²) in [5.74, 6) is 1.05. The fraction of sp³-hybridized carbons (Fsp3) is 0.429. The third-order valence-electron chi connectivity index (χ3n) is 5.38. The summed E-state index contributed by atoms with van der Waals surface area (Å²) in [7, 11) is 3.47. The molecule has 6 nitrogen and oxygen atoms in total. The van der Waals surface area contributed by atoms with Crippen molar-refractivity contribution in [2.24, 2.45) is 5.92 Å². The first-order chi connectivity index (χ1) is 13.0. The number of ether oxygens (including phenoxy) is 1.